The van der Waals surface area contributed by atoms with E-state index in [0.717, 1.165) is 44.0 Å². The summed E-state index contributed by atoms with van der Waals surface area (Å²) in [6.07, 6.45) is 0. The lowest BCUT2D eigenvalue weighted by Crippen LogP contribution is -2.49. The third kappa shape index (κ3) is 4.95. The number of hydrogen-bond acceptors (Lipinski definition) is 3. The topological polar surface area (TPSA) is 47.6 Å². The molecule has 1 aliphatic heterocycles. The van der Waals surface area contributed by atoms with Crippen molar-refractivity contribution in [1.82, 2.24) is 10.2 Å². The van der Waals surface area contributed by atoms with Gasteiger partial charge in [-0.25, -0.2) is 9.18 Å². The highest BCUT2D eigenvalue weighted by atomic mass is 19.1. The minimum Gasteiger partial charge on any atom is -0.367 e. The molecule has 1 heterocycles. The predicted molar refractivity (Wildman–Crippen MR) is 103 cm³/mol. The van der Waals surface area contributed by atoms with Gasteiger partial charge in [0.2, 0.25) is 0 Å². The van der Waals surface area contributed by atoms with Gasteiger partial charge in [0.25, 0.3) is 0 Å². The molecule has 3 rings (SSSR count). The number of anilines is 2. The maximum atomic E-state index is 13.9. The number of benzene rings is 2. The Morgan fingerprint density at radius 2 is 1.85 bits per heavy atom. The van der Waals surface area contributed by atoms with Gasteiger partial charge in [0.1, 0.15) is 5.82 Å². The van der Waals surface area contributed by atoms with E-state index in [2.05, 4.69) is 20.4 Å². The quantitative estimate of drug-likeness (QED) is 0.866. The molecule has 1 fully saturated rings. The summed E-state index contributed by atoms with van der Waals surface area (Å²) in [5.74, 6) is -0.171. The summed E-state index contributed by atoms with van der Waals surface area (Å²) in [7, 11) is 0. The molecule has 0 radical (unpaired) electrons. The van der Waals surface area contributed by atoms with Crippen molar-refractivity contribution in [3.05, 3.63) is 59.9 Å². The summed E-state index contributed by atoms with van der Waals surface area (Å²) in [5.41, 5.74) is 2.57. The van der Waals surface area contributed by atoms with Gasteiger partial charge in [-0.05, 0) is 36.8 Å². The predicted octanol–water partition coefficient (Wildman–Crippen LogP) is 3.08. The third-order valence-corrected chi connectivity index (χ3v) is 4.55. The zero-order chi connectivity index (χ0) is 18.4. The van der Waals surface area contributed by atoms with E-state index in [-0.39, 0.29) is 11.8 Å². The molecule has 2 amide bonds. The van der Waals surface area contributed by atoms with Crippen LogP contribution >= 0.6 is 0 Å². The molecular formula is C20H25FN4O. The fourth-order valence-electron chi connectivity index (χ4n) is 3.15. The van der Waals surface area contributed by atoms with Crippen LogP contribution in [-0.2, 0) is 0 Å². The summed E-state index contributed by atoms with van der Waals surface area (Å²) < 4.78 is 13.9. The summed E-state index contributed by atoms with van der Waals surface area (Å²) in [6.45, 7) is 6.64. The standard InChI is InChI=1S/C20H25FN4O/c1-16-5-4-6-17(15-16)23-20(26)22-9-10-24-11-13-25(14-12-24)19-8-3-2-7-18(19)21/h2-8,15H,9-14H2,1H3,(H2,22,23,26). The lowest BCUT2D eigenvalue weighted by Gasteiger charge is -2.36. The molecule has 0 unspecified atom stereocenters. The number of para-hydroxylation sites is 1. The van der Waals surface area contributed by atoms with Crippen molar-refractivity contribution in [1.29, 1.82) is 0 Å². The lowest BCUT2D eigenvalue weighted by molar-refractivity contribution is 0.240. The molecule has 138 valence electrons. The first-order valence-corrected chi connectivity index (χ1v) is 8.95. The van der Waals surface area contributed by atoms with Crippen molar-refractivity contribution in [2.75, 3.05) is 49.5 Å². The minimum atomic E-state index is -0.194. The van der Waals surface area contributed by atoms with Crippen molar-refractivity contribution >= 4 is 17.4 Å². The SMILES string of the molecule is Cc1cccc(NC(=O)NCCN2CCN(c3ccccc3F)CC2)c1. The van der Waals surface area contributed by atoms with Gasteiger partial charge in [-0.15, -0.1) is 0 Å². The van der Waals surface area contributed by atoms with Gasteiger partial charge < -0.3 is 15.5 Å². The van der Waals surface area contributed by atoms with Crippen LogP contribution in [0.25, 0.3) is 0 Å². The number of halogens is 1. The van der Waals surface area contributed by atoms with E-state index in [1.165, 1.54) is 6.07 Å². The number of nitrogens with one attached hydrogen (secondary N) is 2. The molecule has 2 aromatic rings. The number of piperazine rings is 1. The number of rotatable bonds is 5. The smallest absolute Gasteiger partial charge is 0.319 e. The monoisotopic (exact) mass is 356 g/mol. The van der Waals surface area contributed by atoms with Crippen LogP contribution in [-0.4, -0.2) is 50.2 Å². The minimum absolute atomic E-state index is 0.171. The van der Waals surface area contributed by atoms with Crippen molar-refractivity contribution in [2.24, 2.45) is 0 Å². The summed E-state index contributed by atoms with van der Waals surface area (Å²) >= 11 is 0. The summed E-state index contributed by atoms with van der Waals surface area (Å²) in [5, 5.41) is 5.72. The van der Waals surface area contributed by atoms with Crippen molar-refractivity contribution in [2.45, 2.75) is 6.92 Å². The number of aryl methyl sites for hydroxylation is 1. The normalized spacial score (nSPS) is 14.9. The number of amides is 2. The Morgan fingerprint density at radius 3 is 2.58 bits per heavy atom. The highest BCUT2D eigenvalue weighted by Gasteiger charge is 2.18. The molecule has 0 atom stereocenters. The lowest BCUT2D eigenvalue weighted by atomic mass is 10.2. The Kier molecular flexibility index (Phi) is 6.07. The summed E-state index contributed by atoms with van der Waals surface area (Å²) in [6, 6.07) is 14.4. The Bertz CT molecular complexity index is 744. The van der Waals surface area contributed by atoms with E-state index in [1.807, 2.05) is 43.3 Å². The first-order valence-electron chi connectivity index (χ1n) is 8.95. The molecule has 0 aliphatic carbocycles. The number of carbonyl (C=O) groups excluding carboxylic acids is 1. The van der Waals surface area contributed by atoms with Crippen molar-refractivity contribution < 1.29 is 9.18 Å². The second-order valence-electron chi connectivity index (χ2n) is 6.53. The van der Waals surface area contributed by atoms with Gasteiger partial charge in [-0.1, -0.05) is 24.3 Å². The average molecular weight is 356 g/mol. The first-order chi connectivity index (χ1) is 12.6. The van der Waals surface area contributed by atoms with Crippen LogP contribution in [0.5, 0.6) is 0 Å². The van der Waals surface area contributed by atoms with Crippen LogP contribution in [0, 0.1) is 12.7 Å². The molecule has 2 N–H and O–H groups in total. The second kappa shape index (κ2) is 8.67. The molecule has 26 heavy (non-hydrogen) atoms. The van der Waals surface area contributed by atoms with E-state index in [4.69, 9.17) is 0 Å². The first kappa shape index (κ1) is 18.2. The Labute approximate surface area is 153 Å². The van der Waals surface area contributed by atoms with Gasteiger partial charge >= 0.3 is 6.03 Å². The van der Waals surface area contributed by atoms with Crippen LogP contribution in [0.4, 0.5) is 20.6 Å². The molecule has 0 bridgehead atoms. The zero-order valence-electron chi connectivity index (χ0n) is 15.0. The molecule has 0 saturated carbocycles. The maximum absolute atomic E-state index is 13.9. The Morgan fingerprint density at radius 1 is 1.08 bits per heavy atom. The zero-order valence-corrected chi connectivity index (χ0v) is 15.0. The number of urea groups is 1. The number of hydrogen-bond donors (Lipinski definition) is 2. The van der Waals surface area contributed by atoms with Crippen LogP contribution in [0.1, 0.15) is 5.56 Å². The van der Waals surface area contributed by atoms with Crippen LogP contribution in [0.3, 0.4) is 0 Å². The summed E-state index contributed by atoms with van der Waals surface area (Å²) in [4.78, 5) is 16.3. The highest BCUT2D eigenvalue weighted by Crippen LogP contribution is 2.19. The molecule has 1 aliphatic rings. The fraction of sp³-hybridized carbons (Fsp3) is 0.350. The van der Waals surface area contributed by atoms with E-state index < -0.39 is 0 Å². The van der Waals surface area contributed by atoms with E-state index >= 15 is 0 Å². The Hall–Kier alpha value is -2.60. The van der Waals surface area contributed by atoms with Crippen molar-refractivity contribution in [3.8, 4) is 0 Å². The van der Waals surface area contributed by atoms with E-state index in [0.29, 0.717) is 12.2 Å². The van der Waals surface area contributed by atoms with Gasteiger partial charge in [0.05, 0.1) is 5.69 Å². The molecule has 0 aromatic heterocycles. The number of nitrogens with zero attached hydrogens (tertiary/aromatic N) is 2. The van der Waals surface area contributed by atoms with E-state index in [1.54, 1.807) is 6.07 Å². The fourth-order valence-corrected chi connectivity index (χ4v) is 3.15. The van der Waals surface area contributed by atoms with Crippen LogP contribution in [0.2, 0.25) is 0 Å². The van der Waals surface area contributed by atoms with Crippen LogP contribution in [0.15, 0.2) is 48.5 Å². The largest absolute Gasteiger partial charge is 0.367 e. The van der Waals surface area contributed by atoms with Gasteiger partial charge in [0.15, 0.2) is 0 Å². The second-order valence-corrected chi connectivity index (χ2v) is 6.53. The van der Waals surface area contributed by atoms with Crippen molar-refractivity contribution in [3.63, 3.8) is 0 Å². The van der Waals surface area contributed by atoms with E-state index in [9.17, 15) is 9.18 Å². The Balaban J connectivity index is 1.37. The molecule has 6 heteroatoms. The molecule has 1 saturated heterocycles. The third-order valence-electron chi connectivity index (χ3n) is 4.55. The van der Waals surface area contributed by atoms with Gasteiger partial charge in [0, 0.05) is 45.0 Å². The number of carbonyl (C=O) groups is 1. The maximum Gasteiger partial charge on any atom is 0.319 e. The highest BCUT2D eigenvalue weighted by molar-refractivity contribution is 5.89. The molecule has 2 aromatic carbocycles. The molecule has 0 spiro atoms. The van der Waals surface area contributed by atoms with Gasteiger partial charge in [-0.3, -0.25) is 4.90 Å². The molecule has 5 nitrogen and oxygen atoms in total. The van der Waals surface area contributed by atoms with Crippen LogP contribution < -0.4 is 15.5 Å². The molecular weight excluding hydrogens is 331 g/mol. The average Bonchev–Trinajstić information content (AvgIpc) is 2.63. The van der Waals surface area contributed by atoms with Gasteiger partial charge in [-0.2, -0.15) is 0 Å².